The van der Waals surface area contributed by atoms with Crippen molar-refractivity contribution in [1.82, 2.24) is 20.6 Å². The van der Waals surface area contributed by atoms with Crippen LogP contribution in [0.25, 0.3) is 5.69 Å². The average molecular weight is 351 g/mol. The summed E-state index contributed by atoms with van der Waals surface area (Å²) in [6, 6.07) is 14.0. The van der Waals surface area contributed by atoms with Crippen molar-refractivity contribution in [3.05, 3.63) is 78.1 Å². The first-order valence-electron chi connectivity index (χ1n) is 7.79. The van der Waals surface area contributed by atoms with Crippen LogP contribution in [0.2, 0.25) is 0 Å². The van der Waals surface area contributed by atoms with Crippen LogP contribution in [0.3, 0.4) is 0 Å². The van der Waals surface area contributed by atoms with Crippen LogP contribution in [0.1, 0.15) is 22.0 Å². The molecule has 1 heterocycles. The van der Waals surface area contributed by atoms with Crippen molar-refractivity contribution in [3.63, 3.8) is 0 Å². The van der Waals surface area contributed by atoms with Crippen molar-refractivity contribution in [2.45, 2.75) is 6.04 Å². The van der Waals surface area contributed by atoms with Gasteiger partial charge in [0, 0.05) is 23.6 Å². The normalized spacial score (nSPS) is 11.6. The first-order chi connectivity index (χ1) is 12.6. The van der Waals surface area contributed by atoms with Gasteiger partial charge in [-0.2, -0.15) is 5.10 Å². The summed E-state index contributed by atoms with van der Waals surface area (Å²) in [6.07, 6.45) is 3.44. The topological polar surface area (TPSA) is 122 Å². The van der Waals surface area contributed by atoms with Crippen molar-refractivity contribution in [3.8, 4) is 5.69 Å². The van der Waals surface area contributed by atoms with E-state index < -0.39 is 17.9 Å². The van der Waals surface area contributed by atoms with Gasteiger partial charge in [-0.1, -0.05) is 18.2 Å². The van der Waals surface area contributed by atoms with E-state index in [4.69, 9.17) is 10.9 Å². The summed E-state index contributed by atoms with van der Waals surface area (Å²) in [7, 11) is 0. The van der Waals surface area contributed by atoms with Crippen molar-refractivity contribution in [2.24, 2.45) is 0 Å². The van der Waals surface area contributed by atoms with Crippen molar-refractivity contribution in [1.29, 1.82) is 0 Å². The Bertz CT molecular complexity index is 907. The monoisotopic (exact) mass is 351 g/mol. The maximum Gasteiger partial charge on any atom is 0.270 e. The predicted molar refractivity (Wildman–Crippen MR) is 94.6 cm³/mol. The number of nitrogens with zero attached hydrogens (tertiary/aromatic N) is 2. The molecule has 8 nitrogen and oxygen atoms in total. The van der Waals surface area contributed by atoms with E-state index in [1.807, 2.05) is 0 Å². The van der Waals surface area contributed by atoms with Crippen molar-refractivity contribution in [2.75, 3.05) is 5.73 Å². The molecule has 3 rings (SSSR count). The molecule has 0 radical (unpaired) electrons. The van der Waals surface area contributed by atoms with E-state index >= 15 is 0 Å². The van der Waals surface area contributed by atoms with Crippen LogP contribution < -0.4 is 16.5 Å². The summed E-state index contributed by atoms with van der Waals surface area (Å²) in [5.41, 5.74) is 9.31. The van der Waals surface area contributed by atoms with Crippen LogP contribution in [0.5, 0.6) is 0 Å². The minimum absolute atomic E-state index is 0.314. The van der Waals surface area contributed by atoms with E-state index in [2.05, 4.69) is 10.4 Å². The molecular formula is C18H17N5O3. The molecule has 0 bridgehead atoms. The second-order valence-electron chi connectivity index (χ2n) is 5.55. The number of rotatable bonds is 5. The summed E-state index contributed by atoms with van der Waals surface area (Å²) >= 11 is 0. The second kappa shape index (κ2) is 7.49. The maximum atomic E-state index is 12.4. The number of nitrogens with two attached hydrogens (primary N) is 1. The molecule has 0 aliphatic rings. The summed E-state index contributed by atoms with van der Waals surface area (Å²) < 4.78 is 1.66. The predicted octanol–water partition coefficient (Wildman–Crippen LogP) is 1.43. The molecule has 2 aromatic carbocycles. The smallest absolute Gasteiger partial charge is 0.270 e. The Kier molecular flexibility index (Phi) is 4.95. The number of carbonyl (C=O) groups excluding carboxylic acids is 2. The highest BCUT2D eigenvalue weighted by atomic mass is 16.5. The molecular weight excluding hydrogens is 334 g/mol. The summed E-state index contributed by atoms with van der Waals surface area (Å²) in [5.74, 6) is -1.24. The van der Waals surface area contributed by atoms with Crippen LogP contribution in [-0.2, 0) is 4.79 Å². The van der Waals surface area contributed by atoms with Gasteiger partial charge in [-0.3, -0.25) is 14.8 Å². The number of anilines is 1. The van der Waals surface area contributed by atoms with Crippen LogP contribution in [0.15, 0.2) is 67.0 Å². The number of carbonyl (C=O) groups is 2. The highest BCUT2D eigenvalue weighted by Gasteiger charge is 2.23. The number of hydroxylamine groups is 1. The first kappa shape index (κ1) is 17.2. The highest BCUT2D eigenvalue weighted by Crippen LogP contribution is 2.17. The first-order valence-corrected chi connectivity index (χ1v) is 7.79. The number of hydrogen-bond donors (Lipinski definition) is 4. The van der Waals surface area contributed by atoms with Crippen LogP contribution in [0, 0.1) is 0 Å². The summed E-state index contributed by atoms with van der Waals surface area (Å²) in [5, 5.41) is 15.7. The van der Waals surface area contributed by atoms with Crippen LogP contribution >= 0.6 is 0 Å². The van der Waals surface area contributed by atoms with Gasteiger partial charge in [0.1, 0.15) is 6.04 Å². The quantitative estimate of drug-likeness (QED) is 0.315. The molecule has 132 valence electrons. The summed E-state index contributed by atoms with van der Waals surface area (Å²) in [4.78, 5) is 24.5. The lowest BCUT2D eigenvalue weighted by molar-refractivity contribution is -0.131. The number of nitrogen functional groups attached to an aromatic ring is 1. The SMILES string of the molecule is Nc1cccc(C(=O)NC(C(=O)NO)c2ccc(-n3cccn3)cc2)c1. The van der Waals surface area contributed by atoms with Gasteiger partial charge in [0.05, 0.1) is 5.69 Å². The third-order valence-corrected chi connectivity index (χ3v) is 3.79. The molecule has 3 aromatic rings. The molecule has 0 saturated carbocycles. The van der Waals surface area contributed by atoms with E-state index in [9.17, 15) is 9.59 Å². The molecule has 0 spiro atoms. The maximum absolute atomic E-state index is 12.4. The minimum Gasteiger partial charge on any atom is -0.399 e. The largest absolute Gasteiger partial charge is 0.399 e. The van der Waals surface area contributed by atoms with Gasteiger partial charge < -0.3 is 11.1 Å². The average Bonchev–Trinajstić information content (AvgIpc) is 3.20. The molecule has 26 heavy (non-hydrogen) atoms. The van der Waals surface area contributed by atoms with Crippen molar-refractivity contribution >= 4 is 17.5 Å². The van der Waals surface area contributed by atoms with E-state index in [1.165, 1.54) is 6.07 Å². The van der Waals surface area contributed by atoms with E-state index in [0.29, 0.717) is 16.8 Å². The van der Waals surface area contributed by atoms with Gasteiger partial charge in [0.25, 0.3) is 11.8 Å². The number of hydrogen-bond acceptors (Lipinski definition) is 5. The van der Waals surface area contributed by atoms with Gasteiger partial charge in [-0.05, 0) is 42.0 Å². The Balaban J connectivity index is 1.84. The number of aromatic nitrogens is 2. The zero-order valence-corrected chi connectivity index (χ0v) is 13.7. The molecule has 2 amide bonds. The number of benzene rings is 2. The lowest BCUT2D eigenvalue weighted by atomic mass is 10.0. The molecule has 0 saturated heterocycles. The number of nitrogens with one attached hydrogen (secondary N) is 2. The van der Waals surface area contributed by atoms with E-state index in [1.54, 1.807) is 71.1 Å². The number of amides is 2. The van der Waals surface area contributed by atoms with Gasteiger partial charge in [-0.15, -0.1) is 0 Å². The fraction of sp³-hybridized carbons (Fsp3) is 0.0556. The van der Waals surface area contributed by atoms with Crippen LogP contribution in [0.4, 0.5) is 5.69 Å². The Morgan fingerprint density at radius 1 is 1.12 bits per heavy atom. The van der Waals surface area contributed by atoms with Gasteiger partial charge in [0.2, 0.25) is 0 Å². The Morgan fingerprint density at radius 3 is 2.50 bits per heavy atom. The second-order valence-corrected chi connectivity index (χ2v) is 5.55. The third-order valence-electron chi connectivity index (χ3n) is 3.79. The van der Waals surface area contributed by atoms with Gasteiger partial charge in [-0.25, -0.2) is 10.2 Å². The standard InChI is InChI=1S/C18H17N5O3/c19-14-4-1-3-13(11-14)17(24)21-16(18(25)22-26)12-5-7-15(8-6-12)23-10-2-9-20-23/h1-11,16,26H,19H2,(H,21,24)(H,22,25). The fourth-order valence-electron chi connectivity index (χ4n) is 2.50. The minimum atomic E-state index is -1.07. The molecule has 1 aromatic heterocycles. The Morgan fingerprint density at radius 2 is 1.88 bits per heavy atom. The van der Waals surface area contributed by atoms with E-state index in [0.717, 1.165) is 5.69 Å². The summed E-state index contributed by atoms with van der Waals surface area (Å²) in [6.45, 7) is 0. The van der Waals surface area contributed by atoms with Crippen molar-refractivity contribution < 1.29 is 14.8 Å². The zero-order valence-electron chi connectivity index (χ0n) is 13.7. The third kappa shape index (κ3) is 3.70. The fourth-order valence-corrected chi connectivity index (χ4v) is 2.50. The molecule has 8 heteroatoms. The zero-order chi connectivity index (χ0) is 18.5. The Hall–Kier alpha value is -3.65. The molecule has 5 N–H and O–H groups in total. The van der Waals surface area contributed by atoms with E-state index in [-0.39, 0.29) is 0 Å². The molecule has 1 atom stereocenters. The van der Waals surface area contributed by atoms with Gasteiger partial charge in [0.15, 0.2) is 0 Å². The lowest BCUT2D eigenvalue weighted by Gasteiger charge is -2.18. The van der Waals surface area contributed by atoms with Gasteiger partial charge >= 0.3 is 0 Å². The molecule has 0 aliphatic carbocycles. The van der Waals surface area contributed by atoms with Crippen LogP contribution in [-0.4, -0.2) is 26.8 Å². The molecule has 1 unspecified atom stereocenters. The molecule has 0 aliphatic heterocycles. The Labute approximate surface area is 149 Å². The lowest BCUT2D eigenvalue weighted by Crippen LogP contribution is -2.39. The molecule has 0 fully saturated rings. The highest BCUT2D eigenvalue weighted by molar-refractivity contribution is 5.98.